The average Bonchev–Trinajstić information content (AvgIpc) is 2.41. The van der Waals surface area contributed by atoms with Gasteiger partial charge in [-0.1, -0.05) is 30.3 Å². The lowest BCUT2D eigenvalue weighted by Gasteiger charge is -2.10. The summed E-state index contributed by atoms with van der Waals surface area (Å²) in [6, 6.07) is 14.9. The number of rotatable bonds is 5. The molecule has 0 unspecified atom stereocenters. The molecule has 0 amide bonds. The van der Waals surface area contributed by atoms with Crippen LogP contribution in [-0.2, 0) is 6.42 Å². The number of carboxylic acids is 1. The van der Waals surface area contributed by atoms with Crippen LogP contribution < -0.4 is 11.1 Å². The maximum Gasteiger partial charge on any atom is 0.337 e. The zero-order valence-electron chi connectivity index (χ0n) is 10.5. The molecule has 0 fully saturated rings. The molecule has 4 nitrogen and oxygen atoms in total. The van der Waals surface area contributed by atoms with Gasteiger partial charge in [-0.3, -0.25) is 0 Å². The minimum atomic E-state index is -0.977. The van der Waals surface area contributed by atoms with Gasteiger partial charge in [0.25, 0.3) is 0 Å². The summed E-state index contributed by atoms with van der Waals surface area (Å²) >= 11 is 0. The number of anilines is 2. The Bertz CT molecular complexity index is 568. The second-order valence-electron chi connectivity index (χ2n) is 4.27. The van der Waals surface area contributed by atoms with Crippen molar-refractivity contribution in [3.05, 3.63) is 59.7 Å². The van der Waals surface area contributed by atoms with Gasteiger partial charge in [0.1, 0.15) is 0 Å². The number of nitrogens with one attached hydrogen (secondary N) is 1. The van der Waals surface area contributed by atoms with Crippen LogP contribution in [0.3, 0.4) is 0 Å². The quantitative estimate of drug-likeness (QED) is 0.719. The number of carbonyl (C=O) groups is 1. The number of hydrogen-bond acceptors (Lipinski definition) is 3. The smallest absolute Gasteiger partial charge is 0.337 e. The van der Waals surface area contributed by atoms with Gasteiger partial charge in [0, 0.05) is 17.9 Å². The van der Waals surface area contributed by atoms with E-state index in [4.69, 9.17) is 10.8 Å². The van der Waals surface area contributed by atoms with E-state index in [1.54, 1.807) is 12.1 Å². The average molecular weight is 256 g/mol. The number of aromatic carboxylic acids is 1. The van der Waals surface area contributed by atoms with E-state index in [2.05, 4.69) is 5.32 Å². The van der Waals surface area contributed by atoms with Crippen molar-refractivity contribution in [3.8, 4) is 0 Å². The van der Waals surface area contributed by atoms with E-state index in [9.17, 15) is 4.79 Å². The first kappa shape index (κ1) is 13.0. The lowest BCUT2D eigenvalue weighted by atomic mass is 10.1. The highest BCUT2D eigenvalue weighted by atomic mass is 16.4. The van der Waals surface area contributed by atoms with Crippen LogP contribution in [-0.4, -0.2) is 17.6 Å². The highest BCUT2D eigenvalue weighted by molar-refractivity contribution is 5.95. The van der Waals surface area contributed by atoms with Crippen molar-refractivity contribution in [2.24, 2.45) is 0 Å². The van der Waals surface area contributed by atoms with Gasteiger partial charge >= 0.3 is 5.97 Å². The highest BCUT2D eigenvalue weighted by Gasteiger charge is 2.09. The lowest BCUT2D eigenvalue weighted by Crippen LogP contribution is -2.10. The molecule has 0 aliphatic carbocycles. The molecule has 0 spiro atoms. The van der Waals surface area contributed by atoms with E-state index in [-0.39, 0.29) is 5.56 Å². The number of carboxylic acid groups (broad SMARTS) is 1. The van der Waals surface area contributed by atoms with Crippen molar-refractivity contribution < 1.29 is 9.90 Å². The number of hydrogen-bond donors (Lipinski definition) is 3. The molecule has 0 aliphatic rings. The Labute approximate surface area is 111 Å². The Balaban J connectivity index is 2.02. The summed E-state index contributed by atoms with van der Waals surface area (Å²) in [5.41, 5.74) is 8.05. The second kappa shape index (κ2) is 5.91. The van der Waals surface area contributed by atoms with Crippen molar-refractivity contribution in [3.63, 3.8) is 0 Å². The zero-order valence-corrected chi connectivity index (χ0v) is 10.5. The molecule has 4 heteroatoms. The van der Waals surface area contributed by atoms with Crippen LogP contribution in [0.25, 0.3) is 0 Å². The van der Waals surface area contributed by atoms with Crippen molar-refractivity contribution in [1.29, 1.82) is 0 Å². The normalized spacial score (nSPS) is 10.1. The van der Waals surface area contributed by atoms with E-state index in [1.165, 1.54) is 11.6 Å². The molecule has 0 saturated carbocycles. The number of benzene rings is 2. The Kier molecular flexibility index (Phi) is 4.03. The Morgan fingerprint density at radius 2 is 1.89 bits per heavy atom. The van der Waals surface area contributed by atoms with Gasteiger partial charge in [0.05, 0.1) is 5.56 Å². The van der Waals surface area contributed by atoms with Gasteiger partial charge in [-0.2, -0.15) is 0 Å². The summed E-state index contributed by atoms with van der Waals surface area (Å²) in [7, 11) is 0. The van der Waals surface area contributed by atoms with Crippen LogP contribution in [0.5, 0.6) is 0 Å². The molecular formula is C15H16N2O2. The van der Waals surface area contributed by atoms with Crippen molar-refractivity contribution in [1.82, 2.24) is 0 Å². The first-order chi connectivity index (χ1) is 9.16. The summed E-state index contributed by atoms with van der Waals surface area (Å²) in [6.45, 7) is 0.675. The predicted molar refractivity (Wildman–Crippen MR) is 76.4 cm³/mol. The second-order valence-corrected chi connectivity index (χ2v) is 4.27. The maximum absolute atomic E-state index is 11.1. The number of nitrogens with two attached hydrogens (primary N) is 1. The molecule has 0 heterocycles. The van der Waals surface area contributed by atoms with Crippen LogP contribution in [0.2, 0.25) is 0 Å². The predicted octanol–water partition coefficient (Wildman–Crippen LogP) is 2.62. The highest BCUT2D eigenvalue weighted by Crippen LogP contribution is 2.19. The molecule has 0 aromatic heterocycles. The van der Waals surface area contributed by atoms with E-state index in [1.807, 2.05) is 30.3 Å². The van der Waals surface area contributed by atoms with Gasteiger partial charge in [-0.05, 0) is 30.2 Å². The third-order valence-corrected chi connectivity index (χ3v) is 2.85. The zero-order chi connectivity index (χ0) is 13.7. The van der Waals surface area contributed by atoms with Gasteiger partial charge in [0.2, 0.25) is 0 Å². The standard InChI is InChI=1S/C15H16N2O2/c16-12-6-7-14(13(10-12)15(18)19)17-9-8-11-4-2-1-3-5-11/h1-7,10,17H,8-9,16H2,(H,18,19). The summed E-state index contributed by atoms with van der Waals surface area (Å²) in [4.78, 5) is 11.1. The summed E-state index contributed by atoms with van der Waals surface area (Å²) in [5, 5.41) is 12.2. The molecule has 4 N–H and O–H groups in total. The Hall–Kier alpha value is -2.49. The van der Waals surface area contributed by atoms with Crippen LogP contribution in [0.4, 0.5) is 11.4 Å². The fourth-order valence-electron chi connectivity index (χ4n) is 1.88. The van der Waals surface area contributed by atoms with E-state index >= 15 is 0 Å². The molecule has 2 aromatic carbocycles. The minimum Gasteiger partial charge on any atom is -0.478 e. The van der Waals surface area contributed by atoms with Crippen LogP contribution in [0.1, 0.15) is 15.9 Å². The minimum absolute atomic E-state index is 0.202. The van der Waals surface area contributed by atoms with Crippen molar-refractivity contribution in [2.45, 2.75) is 6.42 Å². The maximum atomic E-state index is 11.1. The van der Waals surface area contributed by atoms with Gasteiger partial charge in [0.15, 0.2) is 0 Å². The van der Waals surface area contributed by atoms with Crippen molar-refractivity contribution >= 4 is 17.3 Å². The fourth-order valence-corrected chi connectivity index (χ4v) is 1.88. The largest absolute Gasteiger partial charge is 0.478 e. The molecule has 2 aromatic rings. The number of nitrogen functional groups attached to an aromatic ring is 1. The van der Waals surface area contributed by atoms with E-state index < -0.39 is 5.97 Å². The molecule has 98 valence electrons. The molecule has 0 radical (unpaired) electrons. The summed E-state index contributed by atoms with van der Waals surface area (Å²) in [6.07, 6.45) is 0.838. The topological polar surface area (TPSA) is 75.3 Å². The Morgan fingerprint density at radius 1 is 1.16 bits per heavy atom. The third-order valence-electron chi connectivity index (χ3n) is 2.85. The van der Waals surface area contributed by atoms with E-state index in [0.717, 1.165) is 6.42 Å². The third kappa shape index (κ3) is 3.48. The molecular weight excluding hydrogens is 240 g/mol. The van der Waals surface area contributed by atoms with Crippen molar-refractivity contribution in [2.75, 3.05) is 17.6 Å². The van der Waals surface area contributed by atoms with Gasteiger partial charge < -0.3 is 16.2 Å². The van der Waals surface area contributed by atoms with Crippen LogP contribution in [0, 0.1) is 0 Å². The molecule has 0 bridgehead atoms. The van der Waals surface area contributed by atoms with Gasteiger partial charge in [-0.15, -0.1) is 0 Å². The molecule has 0 saturated heterocycles. The van der Waals surface area contributed by atoms with Crippen LogP contribution >= 0.6 is 0 Å². The SMILES string of the molecule is Nc1ccc(NCCc2ccccc2)c(C(=O)O)c1. The summed E-state index contributed by atoms with van der Waals surface area (Å²) in [5.74, 6) is -0.977. The fraction of sp³-hybridized carbons (Fsp3) is 0.133. The first-order valence-electron chi connectivity index (χ1n) is 6.07. The molecule has 19 heavy (non-hydrogen) atoms. The molecule has 2 rings (SSSR count). The molecule has 0 aliphatic heterocycles. The van der Waals surface area contributed by atoms with Gasteiger partial charge in [-0.25, -0.2) is 4.79 Å². The first-order valence-corrected chi connectivity index (χ1v) is 6.07. The Morgan fingerprint density at radius 3 is 2.58 bits per heavy atom. The van der Waals surface area contributed by atoms with E-state index in [0.29, 0.717) is 17.9 Å². The summed E-state index contributed by atoms with van der Waals surface area (Å²) < 4.78 is 0. The monoisotopic (exact) mass is 256 g/mol. The molecule has 0 atom stereocenters. The van der Waals surface area contributed by atoms with Crippen LogP contribution in [0.15, 0.2) is 48.5 Å². The lowest BCUT2D eigenvalue weighted by molar-refractivity contribution is 0.0698.